The highest BCUT2D eigenvalue weighted by atomic mass is 19.1. The van der Waals surface area contributed by atoms with Crippen molar-refractivity contribution in [2.45, 2.75) is 26.7 Å². The van der Waals surface area contributed by atoms with Crippen LogP contribution in [0.5, 0.6) is 5.88 Å². The summed E-state index contributed by atoms with van der Waals surface area (Å²) in [5.74, 6) is 2.00. The van der Waals surface area contributed by atoms with E-state index >= 15 is 0 Å². The maximum absolute atomic E-state index is 14.8. The van der Waals surface area contributed by atoms with Crippen LogP contribution in [0.15, 0.2) is 24.5 Å². The molecule has 7 heteroatoms. The van der Waals surface area contributed by atoms with Crippen molar-refractivity contribution in [3.63, 3.8) is 0 Å². The lowest BCUT2D eigenvalue weighted by Gasteiger charge is -2.33. The molecule has 0 atom stereocenters. The molecule has 0 saturated carbocycles. The van der Waals surface area contributed by atoms with E-state index in [0.717, 1.165) is 37.3 Å². The topological polar surface area (TPSA) is 55.6 Å². The van der Waals surface area contributed by atoms with Gasteiger partial charge in [0.05, 0.1) is 12.7 Å². The van der Waals surface area contributed by atoms with Gasteiger partial charge in [-0.15, -0.1) is 0 Å². The monoisotopic (exact) mass is 355 g/mol. The highest BCUT2D eigenvalue weighted by Crippen LogP contribution is 2.41. The van der Waals surface area contributed by atoms with E-state index in [0.29, 0.717) is 28.7 Å². The molecule has 1 aliphatic rings. The molecule has 1 saturated heterocycles. The number of hydrogen-bond acceptors (Lipinski definition) is 5. The van der Waals surface area contributed by atoms with Crippen molar-refractivity contribution in [1.29, 1.82) is 0 Å². The maximum atomic E-state index is 14.8. The summed E-state index contributed by atoms with van der Waals surface area (Å²) in [7, 11) is 1.55. The van der Waals surface area contributed by atoms with Crippen molar-refractivity contribution < 1.29 is 9.13 Å². The molecule has 4 rings (SSSR count). The third-order valence-electron chi connectivity index (χ3n) is 5.12. The van der Waals surface area contributed by atoms with Gasteiger partial charge in [0, 0.05) is 18.7 Å². The van der Waals surface area contributed by atoms with E-state index in [4.69, 9.17) is 4.74 Å². The maximum Gasteiger partial charge on any atom is 0.257 e. The van der Waals surface area contributed by atoms with Crippen molar-refractivity contribution >= 4 is 11.6 Å². The Morgan fingerprint density at radius 2 is 1.96 bits per heavy atom. The largest absolute Gasteiger partial charge is 0.480 e. The Balaban J connectivity index is 2.03. The predicted octanol–water partition coefficient (Wildman–Crippen LogP) is 3.48. The number of anilines is 1. The van der Waals surface area contributed by atoms with Crippen LogP contribution in [0.25, 0.3) is 16.9 Å². The fourth-order valence-corrected chi connectivity index (χ4v) is 3.64. The van der Waals surface area contributed by atoms with Gasteiger partial charge in [-0.2, -0.15) is 19.6 Å². The lowest BCUT2D eigenvalue weighted by Crippen LogP contribution is -2.35. The zero-order valence-electron chi connectivity index (χ0n) is 15.2. The van der Waals surface area contributed by atoms with Crippen LogP contribution in [-0.4, -0.2) is 39.8 Å². The van der Waals surface area contributed by atoms with Crippen LogP contribution >= 0.6 is 0 Å². The molecule has 0 amide bonds. The molecular formula is C19H22FN5O. The number of methoxy groups -OCH3 is 1. The van der Waals surface area contributed by atoms with Crippen molar-refractivity contribution in [3.05, 3.63) is 35.9 Å². The standard InChI is InChI=1S/C19H22FN5O/c1-12-7-9-24(10-8-12)18-16(15-13(2)5-4-6-14(15)20)17(26-3)23-19-21-11-22-25(18)19/h4-6,11-12H,7-10H2,1-3H3. The molecule has 3 aromatic rings. The molecule has 1 aromatic carbocycles. The van der Waals surface area contributed by atoms with Crippen LogP contribution in [0.1, 0.15) is 25.3 Å². The molecule has 136 valence electrons. The Kier molecular flexibility index (Phi) is 4.22. The Hall–Kier alpha value is -2.70. The molecule has 6 nitrogen and oxygen atoms in total. The number of piperidine rings is 1. The van der Waals surface area contributed by atoms with Gasteiger partial charge in [0.2, 0.25) is 5.88 Å². The summed E-state index contributed by atoms with van der Waals surface area (Å²) in [6, 6.07) is 5.07. The second kappa shape index (κ2) is 6.55. The van der Waals surface area contributed by atoms with Crippen LogP contribution in [0.4, 0.5) is 10.2 Å². The quantitative estimate of drug-likeness (QED) is 0.720. The fourth-order valence-electron chi connectivity index (χ4n) is 3.64. The van der Waals surface area contributed by atoms with E-state index in [1.165, 1.54) is 12.4 Å². The highest BCUT2D eigenvalue weighted by molar-refractivity contribution is 5.84. The van der Waals surface area contributed by atoms with Crippen LogP contribution in [0, 0.1) is 18.7 Å². The summed E-state index contributed by atoms with van der Waals surface area (Å²) in [5.41, 5.74) is 1.97. The van der Waals surface area contributed by atoms with E-state index in [1.54, 1.807) is 17.7 Å². The molecule has 26 heavy (non-hydrogen) atoms. The third kappa shape index (κ3) is 2.67. The average Bonchev–Trinajstić information content (AvgIpc) is 3.10. The number of fused-ring (bicyclic) bond motifs is 1. The molecule has 0 aliphatic carbocycles. The van der Waals surface area contributed by atoms with Crippen LogP contribution in [-0.2, 0) is 0 Å². The molecule has 1 fully saturated rings. The van der Waals surface area contributed by atoms with Gasteiger partial charge in [-0.3, -0.25) is 0 Å². The van der Waals surface area contributed by atoms with E-state index in [-0.39, 0.29) is 5.82 Å². The highest BCUT2D eigenvalue weighted by Gasteiger charge is 2.28. The van der Waals surface area contributed by atoms with Gasteiger partial charge in [0.25, 0.3) is 5.78 Å². The van der Waals surface area contributed by atoms with Crippen molar-refractivity contribution in [3.8, 4) is 17.0 Å². The SMILES string of the molecule is COc1nc2ncnn2c(N2CCC(C)CC2)c1-c1c(C)cccc1F. The minimum atomic E-state index is -0.295. The zero-order valence-corrected chi connectivity index (χ0v) is 15.2. The summed E-state index contributed by atoms with van der Waals surface area (Å²) in [4.78, 5) is 10.9. The summed E-state index contributed by atoms with van der Waals surface area (Å²) in [5, 5.41) is 4.36. The fraction of sp³-hybridized carbons (Fsp3) is 0.421. The van der Waals surface area contributed by atoms with Crippen molar-refractivity contribution in [2.75, 3.05) is 25.1 Å². The van der Waals surface area contributed by atoms with Gasteiger partial charge in [-0.1, -0.05) is 19.1 Å². The minimum absolute atomic E-state index is 0.295. The summed E-state index contributed by atoms with van der Waals surface area (Å²) < 4.78 is 22.1. The summed E-state index contributed by atoms with van der Waals surface area (Å²) in [6.07, 6.45) is 3.63. The Labute approximate surface area is 151 Å². The molecule has 0 N–H and O–H groups in total. The normalized spacial score (nSPS) is 15.6. The number of hydrogen-bond donors (Lipinski definition) is 0. The van der Waals surface area contributed by atoms with E-state index in [1.807, 2.05) is 13.0 Å². The minimum Gasteiger partial charge on any atom is -0.480 e. The molecular weight excluding hydrogens is 333 g/mol. The van der Waals surface area contributed by atoms with Gasteiger partial charge in [-0.25, -0.2) is 4.39 Å². The Bertz CT molecular complexity index is 926. The third-order valence-corrected chi connectivity index (χ3v) is 5.12. The molecule has 3 heterocycles. The number of nitrogens with zero attached hydrogens (tertiary/aromatic N) is 5. The number of halogens is 1. The second-order valence-corrected chi connectivity index (χ2v) is 6.89. The molecule has 0 radical (unpaired) electrons. The molecule has 0 bridgehead atoms. The average molecular weight is 355 g/mol. The van der Waals surface area contributed by atoms with Gasteiger partial charge in [0.15, 0.2) is 0 Å². The van der Waals surface area contributed by atoms with Gasteiger partial charge >= 0.3 is 0 Å². The lowest BCUT2D eigenvalue weighted by atomic mass is 9.97. The van der Waals surface area contributed by atoms with Crippen LogP contribution in [0.2, 0.25) is 0 Å². The van der Waals surface area contributed by atoms with E-state index < -0.39 is 0 Å². The van der Waals surface area contributed by atoms with Crippen molar-refractivity contribution in [1.82, 2.24) is 19.6 Å². The smallest absolute Gasteiger partial charge is 0.257 e. The summed E-state index contributed by atoms with van der Waals surface area (Å²) >= 11 is 0. The van der Waals surface area contributed by atoms with E-state index in [9.17, 15) is 4.39 Å². The number of aromatic nitrogens is 4. The lowest BCUT2D eigenvalue weighted by molar-refractivity contribution is 0.397. The number of rotatable bonds is 3. The first-order chi connectivity index (χ1) is 12.6. The zero-order chi connectivity index (χ0) is 18.3. The second-order valence-electron chi connectivity index (χ2n) is 6.89. The van der Waals surface area contributed by atoms with Gasteiger partial charge < -0.3 is 9.64 Å². The van der Waals surface area contributed by atoms with Crippen LogP contribution in [0.3, 0.4) is 0 Å². The first-order valence-electron chi connectivity index (χ1n) is 8.88. The first kappa shape index (κ1) is 16.8. The number of benzene rings is 1. The first-order valence-corrected chi connectivity index (χ1v) is 8.88. The predicted molar refractivity (Wildman–Crippen MR) is 98.1 cm³/mol. The van der Waals surface area contributed by atoms with E-state index in [2.05, 4.69) is 26.9 Å². The Morgan fingerprint density at radius 3 is 2.65 bits per heavy atom. The van der Waals surface area contributed by atoms with Gasteiger partial charge in [0.1, 0.15) is 18.0 Å². The summed E-state index contributed by atoms with van der Waals surface area (Å²) in [6.45, 7) is 5.91. The molecule has 0 unspecified atom stereocenters. The number of aryl methyl sites for hydroxylation is 1. The van der Waals surface area contributed by atoms with Crippen molar-refractivity contribution in [2.24, 2.45) is 5.92 Å². The van der Waals surface area contributed by atoms with Gasteiger partial charge in [-0.05, 0) is 37.3 Å². The van der Waals surface area contributed by atoms with Crippen LogP contribution < -0.4 is 9.64 Å². The molecule has 1 aliphatic heterocycles. The number of ether oxygens (including phenoxy) is 1. The Morgan fingerprint density at radius 1 is 1.19 bits per heavy atom. The molecule has 0 spiro atoms. The molecule has 2 aromatic heterocycles.